The number of hydrogen-bond acceptors (Lipinski definition) is 3. The minimum Gasteiger partial charge on any atom is -0.475 e. The van der Waals surface area contributed by atoms with E-state index < -0.39 is 12.1 Å². The Bertz CT molecular complexity index is 903. The minimum atomic E-state index is -5.08. The number of likely N-dealkylation sites (N-methyl/N-ethyl adjacent to an activating group) is 1. The first-order valence-corrected chi connectivity index (χ1v) is 11.2. The fraction of sp³-hybridized carbons (Fsp3) is 0.583. The monoisotopic (exact) mass is 471 g/mol. The van der Waals surface area contributed by atoms with Gasteiger partial charge >= 0.3 is 12.1 Å². The average Bonchev–Trinajstić information content (AvgIpc) is 3.15. The second kappa shape index (κ2) is 12.6. The van der Waals surface area contributed by atoms with Gasteiger partial charge in [0.1, 0.15) is 5.69 Å². The molecule has 1 aromatic carbocycles. The Morgan fingerprint density at radius 2 is 1.61 bits per heavy atom. The second-order valence-corrected chi connectivity index (χ2v) is 8.66. The summed E-state index contributed by atoms with van der Waals surface area (Å²) in [6.45, 7) is 17.6. The number of carboxylic acids is 1. The molecular formula is C24H36F3N3O3. The fourth-order valence-corrected chi connectivity index (χ4v) is 3.31. The number of aromatic amines is 1. The van der Waals surface area contributed by atoms with E-state index in [2.05, 4.69) is 69.6 Å². The summed E-state index contributed by atoms with van der Waals surface area (Å²) in [7, 11) is 0. The van der Waals surface area contributed by atoms with Crippen molar-refractivity contribution in [2.75, 3.05) is 32.7 Å². The summed E-state index contributed by atoms with van der Waals surface area (Å²) >= 11 is 0. The number of halogens is 3. The Balaban J connectivity index is 0.000000675. The van der Waals surface area contributed by atoms with Crippen LogP contribution >= 0.6 is 0 Å². The number of carboxylic acid groups (broad SMARTS) is 1. The van der Waals surface area contributed by atoms with Crippen LogP contribution in [0.1, 0.15) is 63.5 Å². The van der Waals surface area contributed by atoms with Gasteiger partial charge in [-0.1, -0.05) is 53.7 Å². The van der Waals surface area contributed by atoms with Crippen LogP contribution in [0, 0.1) is 5.92 Å². The number of aliphatic carboxylic acids is 1. The van der Waals surface area contributed by atoms with Gasteiger partial charge in [-0.15, -0.1) is 0 Å². The number of H-pyrrole nitrogens is 1. The number of amides is 1. The number of carbonyl (C=O) groups is 2. The number of aromatic nitrogens is 1. The van der Waals surface area contributed by atoms with Crippen LogP contribution in [0.25, 0.3) is 10.9 Å². The molecule has 1 aromatic heterocycles. The van der Waals surface area contributed by atoms with E-state index >= 15 is 0 Å². The molecule has 0 unspecified atom stereocenters. The summed E-state index contributed by atoms with van der Waals surface area (Å²) in [5.74, 6) is -1.72. The van der Waals surface area contributed by atoms with E-state index in [1.807, 2.05) is 11.0 Å². The highest BCUT2D eigenvalue weighted by atomic mass is 19.4. The molecule has 2 N–H and O–H groups in total. The van der Waals surface area contributed by atoms with Crippen LogP contribution in [0.3, 0.4) is 0 Å². The molecule has 33 heavy (non-hydrogen) atoms. The van der Waals surface area contributed by atoms with E-state index in [4.69, 9.17) is 9.90 Å². The number of carbonyl (C=O) groups excluding carboxylic acids is 1. The Hall–Kier alpha value is -2.55. The Kier molecular flexibility index (Phi) is 10.9. The standard InChI is InChI=1S/C22H35N3O.C2HF3O2/c1-7-24(8-2)11-12-25(15-16(3)4)22(26)21-14-19-10-9-18(17(5)6)13-20(19)23-21;3-2(4,5)1(6)7/h9-10,13-14,16-17,23H,7-8,11-12,15H2,1-6H3;(H,6,7). The molecule has 2 rings (SSSR count). The maximum atomic E-state index is 13.1. The lowest BCUT2D eigenvalue weighted by Crippen LogP contribution is -2.40. The predicted octanol–water partition coefficient (Wildman–Crippen LogP) is 5.36. The fourth-order valence-electron chi connectivity index (χ4n) is 3.31. The maximum Gasteiger partial charge on any atom is 0.490 e. The van der Waals surface area contributed by atoms with Crippen LogP contribution in [0.4, 0.5) is 13.2 Å². The Morgan fingerprint density at radius 1 is 1.03 bits per heavy atom. The van der Waals surface area contributed by atoms with Gasteiger partial charge in [0.15, 0.2) is 0 Å². The van der Waals surface area contributed by atoms with Crippen LogP contribution in [-0.4, -0.2) is 70.7 Å². The third-order valence-electron chi connectivity index (χ3n) is 5.24. The van der Waals surface area contributed by atoms with Gasteiger partial charge in [0.05, 0.1) is 0 Å². The van der Waals surface area contributed by atoms with Crippen LogP contribution < -0.4 is 0 Å². The Labute approximate surface area is 193 Å². The molecule has 186 valence electrons. The summed E-state index contributed by atoms with van der Waals surface area (Å²) in [6, 6.07) is 8.42. The van der Waals surface area contributed by atoms with Crippen molar-refractivity contribution < 1.29 is 27.9 Å². The summed E-state index contributed by atoms with van der Waals surface area (Å²) in [5, 5.41) is 8.23. The molecular weight excluding hydrogens is 435 g/mol. The highest BCUT2D eigenvalue weighted by molar-refractivity contribution is 5.98. The highest BCUT2D eigenvalue weighted by Gasteiger charge is 2.38. The van der Waals surface area contributed by atoms with Gasteiger partial charge < -0.3 is 19.9 Å². The van der Waals surface area contributed by atoms with E-state index in [0.717, 1.165) is 43.6 Å². The van der Waals surface area contributed by atoms with E-state index in [1.54, 1.807) is 0 Å². The number of nitrogens with one attached hydrogen (secondary N) is 1. The number of hydrogen-bond donors (Lipinski definition) is 2. The predicted molar refractivity (Wildman–Crippen MR) is 125 cm³/mol. The minimum absolute atomic E-state index is 0.105. The van der Waals surface area contributed by atoms with Crippen LogP contribution in [0.5, 0.6) is 0 Å². The number of nitrogens with zero attached hydrogens (tertiary/aromatic N) is 2. The lowest BCUT2D eigenvalue weighted by atomic mass is 10.0. The molecule has 0 bridgehead atoms. The lowest BCUT2D eigenvalue weighted by molar-refractivity contribution is -0.192. The molecule has 1 heterocycles. The van der Waals surface area contributed by atoms with E-state index in [9.17, 15) is 18.0 Å². The molecule has 2 aromatic rings. The Morgan fingerprint density at radius 3 is 2.06 bits per heavy atom. The van der Waals surface area contributed by atoms with Gasteiger partial charge in [0.2, 0.25) is 0 Å². The molecule has 0 aliphatic carbocycles. The molecule has 0 saturated heterocycles. The first kappa shape index (κ1) is 28.5. The zero-order chi connectivity index (χ0) is 25.3. The number of rotatable bonds is 9. The third kappa shape index (κ3) is 9.07. The van der Waals surface area contributed by atoms with E-state index in [1.165, 1.54) is 5.56 Å². The normalized spacial score (nSPS) is 11.8. The van der Waals surface area contributed by atoms with Gasteiger partial charge in [0, 0.05) is 30.5 Å². The summed E-state index contributed by atoms with van der Waals surface area (Å²) < 4.78 is 31.7. The van der Waals surface area contributed by atoms with Gasteiger partial charge in [-0.05, 0) is 42.6 Å². The quantitative estimate of drug-likeness (QED) is 0.516. The maximum absolute atomic E-state index is 13.1. The number of benzene rings is 1. The van der Waals surface area contributed by atoms with Crippen molar-refractivity contribution in [2.24, 2.45) is 5.92 Å². The van der Waals surface area contributed by atoms with Gasteiger partial charge in [-0.2, -0.15) is 13.2 Å². The number of fused-ring (bicyclic) bond motifs is 1. The van der Waals surface area contributed by atoms with Crippen molar-refractivity contribution in [3.05, 3.63) is 35.5 Å². The molecule has 0 radical (unpaired) electrons. The number of alkyl halides is 3. The van der Waals surface area contributed by atoms with Crippen molar-refractivity contribution in [1.82, 2.24) is 14.8 Å². The van der Waals surface area contributed by atoms with Gasteiger partial charge in [-0.3, -0.25) is 4.79 Å². The molecule has 0 fully saturated rings. The summed E-state index contributed by atoms with van der Waals surface area (Å²) in [6.07, 6.45) is -5.08. The first-order chi connectivity index (χ1) is 15.3. The smallest absolute Gasteiger partial charge is 0.475 e. The van der Waals surface area contributed by atoms with Crippen molar-refractivity contribution in [1.29, 1.82) is 0 Å². The molecule has 0 spiro atoms. The second-order valence-electron chi connectivity index (χ2n) is 8.66. The SMILES string of the molecule is CCN(CC)CCN(CC(C)C)C(=O)c1cc2ccc(C(C)C)cc2[nH]1.O=C(O)C(F)(F)F. The average molecular weight is 472 g/mol. The largest absolute Gasteiger partial charge is 0.490 e. The van der Waals surface area contributed by atoms with Gasteiger partial charge in [-0.25, -0.2) is 4.79 Å². The topological polar surface area (TPSA) is 76.6 Å². The summed E-state index contributed by atoms with van der Waals surface area (Å²) in [5.41, 5.74) is 3.04. The molecule has 1 amide bonds. The van der Waals surface area contributed by atoms with E-state index in [0.29, 0.717) is 17.5 Å². The molecule has 0 aliphatic heterocycles. The lowest BCUT2D eigenvalue weighted by Gasteiger charge is -2.27. The zero-order valence-corrected chi connectivity index (χ0v) is 20.3. The molecule has 9 heteroatoms. The van der Waals surface area contributed by atoms with Crippen LogP contribution in [0.2, 0.25) is 0 Å². The van der Waals surface area contributed by atoms with E-state index in [-0.39, 0.29) is 5.91 Å². The van der Waals surface area contributed by atoms with Crippen molar-refractivity contribution in [3.63, 3.8) is 0 Å². The van der Waals surface area contributed by atoms with Crippen LogP contribution in [-0.2, 0) is 4.79 Å². The molecule has 0 saturated carbocycles. The summed E-state index contributed by atoms with van der Waals surface area (Å²) in [4.78, 5) is 29.7. The third-order valence-corrected chi connectivity index (χ3v) is 5.24. The molecule has 0 aliphatic rings. The van der Waals surface area contributed by atoms with Crippen molar-refractivity contribution >= 4 is 22.8 Å². The van der Waals surface area contributed by atoms with Gasteiger partial charge in [0.25, 0.3) is 5.91 Å². The van der Waals surface area contributed by atoms with Crippen LogP contribution in [0.15, 0.2) is 24.3 Å². The zero-order valence-electron chi connectivity index (χ0n) is 20.3. The molecule has 0 atom stereocenters. The highest BCUT2D eigenvalue weighted by Crippen LogP contribution is 2.22. The van der Waals surface area contributed by atoms with Crippen molar-refractivity contribution in [2.45, 2.75) is 53.6 Å². The molecule has 6 nitrogen and oxygen atoms in total. The van der Waals surface area contributed by atoms with Crippen molar-refractivity contribution in [3.8, 4) is 0 Å². The first-order valence-electron chi connectivity index (χ1n) is 11.2.